The molecule has 0 saturated carbocycles. The average molecular weight is 433 g/mol. The van der Waals surface area contributed by atoms with Gasteiger partial charge in [0.05, 0.1) is 5.92 Å². The Balaban J connectivity index is 1.38. The molecule has 31 heavy (non-hydrogen) atoms. The van der Waals surface area contributed by atoms with Gasteiger partial charge in [-0.05, 0) is 45.7 Å². The van der Waals surface area contributed by atoms with Gasteiger partial charge in [-0.1, -0.05) is 6.42 Å². The van der Waals surface area contributed by atoms with Crippen LogP contribution in [-0.2, 0) is 19.1 Å². The van der Waals surface area contributed by atoms with E-state index in [1.165, 1.54) is 0 Å². The quantitative estimate of drug-likeness (QED) is 0.501. The first-order valence-electron chi connectivity index (χ1n) is 10.9. The van der Waals surface area contributed by atoms with Crippen LogP contribution in [0.5, 0.6) is 11.5 Å². The molecule has 1 fully saturated rings. The molecule has 1 N–H and O–H groups in total. The zero-order valence-electron chi connectivity index (χ0n) is 18.6. The topological polar surface area (TPSA) is 94.2 Å². The highest BCUT2D eigenvalue weighted by atomic mass is 16.6. The fraction of sp³-hybridized carbons (Fsp3) is 0.609. The van der Waals surface area contributed by atoms with Crippen molar-refractivity contribution in [1.29, 1.82) is 0 Å². The second kappa shape index (κ2) is 10.0. The summed E-state index contributed by atoms with van der Waals surface area (Å²) in [6.45, 7) is 7.42. The van der Waals surface area contributed by atoms with Gasteiger partial charge in [0.25, 0.3) is 0 Å². The maximum absolute atomic E-state index is 12.5. The number of ether oxygens (including phenoxy) is 3. The van der Waals surface area contributed by atoms with E-state index in [4.69, 9.17) is 14.2 Å². The lowest BCUT2D eigenvalue weighted by Gasteiger charge is -2.22. The van der Waals surface area contributed by atoms with E-state index >= 15 is 0 Å². The Morgan fingerprint density at radius 2 is 1.87 bits per heavy atom. The molecular formula is C23H32N2O6. The first-order chi connectivity index (χ1) is 14.7. The Hall–Kier alpha value is -2.77. The van der Waals surface area contributed by atoms with Crippen LogP contribution >= 0.6 is 0 Å². The van der Waals surface area contributed by atoms with Crippen LogP contribution in [-0.4, -0.2) is 49.7 Å². The van der Waals surface area contributed by atoms with Crippen molar-refractivity contribution in [2.75, 3.05) is 31.2 Å². The number of carbonyl (C=O) groups is 3. The molecule has 2 aliphatic heterocycles. The van der Waals surface area contributed by atoms with Crippen molar-refractivity contribution in [3.63, 3.8) is 0 Å². The predicted molar refractivity (Wildman–Crippen MR) is 115 cm³/mol. The minimum absolute atomic E-state index is 0.0748. The number of unbranched alkanes of at least 4 members (excludes halogenated alkanes) is 2. The third-order valence-electron chi connectivity index (χ3n) is 5.11. The van der Waals surface area contributed by atoms with E-state index in [1.54, 1.807) is 17.0 Å². The number of nitrogens with one attached hydrogen (secondary N) is 1. The number of anilines is 1. The monoisotopic (exact) mass is 432 g/mol. The summed E-state index contributed by atoms with van der Waals surface area (Å²) in [6, 6.07) is 5.40. The summed E-state index contributed by atoms with van der Waals surface area (Å²) in [4.78, 5) is 38.3. The van der Waals surface area contributed by atoms with Gasteiger partial charge in [0.15, 0.2) is 11.5 Å². The van der Waals surface area contributed by atoms with E-state index in [1.807, 2.05) is 26.8 Å². The van der Waals surface area contributed by atoms with Crippen molar-refractivity contribution in [3.05, 3.63) is 18.2 Å². The number of benzene rings is 1. The number of carbonyl (C=O) groups excluding carboxylic acids is 3. The van der Waals surface area contributed by atoms with Gasteiger partial charge >= 0.3 is 5.97 Å². The highest BCUT2D eigenvalue weighted by Crippen LogP contribution is 2.35. The lowest BCUT2D eigenvalue weighted by atomic mass is 10.1. The van der Waals surface area contributed by atoms with Crippen LogP contribution in [0.15, 0.2) is 18.2 Å². The standard InChI is InChI=1S/C23H32N2O6/c1-23(2,3)31-21(27)7-5-4-6-10-24-22(28)16-13-20(26)25(15-16)17-8-9-18-19(14-17)30-12-11-29-18/h8-9,14,16H,4-7,10-13,15H2,1-3H3,(H,24,28). The number of rotatable bonds is 8. The molecule has 3 rings (SSSR count). The third-order valence-corrected chi connectivity index (χ3v) is 5.11. The SMILES string of the molecule is CC(C)(C)OC(=O)CCCCCNC(=O)C1CC(=O)N(c2ccc3c(c2)OCCO3)C1. The number of amides is 2. The van der Waals surface area contributed by atoms with E-state index in [9.17, 15) is 14.4 Å². The Bertz CT molecular complexity index is 817. The summed E-state index contributed by atoms with van der Waals surface area (Å²) in [5.74, 6) is 0.538. The number of fused-ring (bicyclic) bond motifs is 1. The highest BCUT2D eigenvalue weighted by molar-refractivity contribution is 6.00. The first kappa shape index (κ1) is 22.9. The molecule has 1 aromatic rings. The molecule has 0 bridgehead atoms. The van der Waals surface area contributed by atoms with Crippen molar-refractivity contribution in [2.45, 2.75) is 58.5 Å². The normalized spacial score (nSPS) is 18.1. The minimum atomic E-state index is -0.461. The van der Waals surface area contributed by atoms with Crippen LogP contribution in [0.4, 0.5) is 5.69 Å². The van der Waals surface area contributed by atoms with Crippen molar-refractivity contribution in [2.24, 2.45) is 5.92 Å². The number of hydrogen-bond acceptors (Lipinski definition) is 6. The average Bonchev–Trinajstić information content (AvgIpc) is 3.10. The van der Waals surface area contributed by atoms with Crippen LogP contribution in [0.3, 0.4) is 0 Å². The van der Waals surface area contributed by atoms with Gasteiger partial charge in [-0.3, -0.25) is 14.4 Å². The van der Waals surface area contributed by atoms with Crippen molar-refractivity contribution in [1.82, 2.24) is 5.32 Å². The van der Waals surface area contributed by atoms with E-state index in [0.717, 1.165) is 19.3 Å². The Morgan fingerprint density at radius 1 is 1.13 bits per heavy atom. The third kappa shape index (κ3) is 6.60. The van der Waals surface area contributed by atoms with Gasteiger partial charge in [-0.25, -0.2) is 0 Å². The van der Waals surface area contributed by atoms with Gasteiger partial charge in [0, 0.05) is 37.7 Å². The molecule has 170 valence electrons. The van der Waals surface area contributed by atoms with Crippen LogP contribution < -0.4 is 19.7 Å². The molecule has 2 heterocycles. The molecule has 0 aliphatic carbocycles. The molecular weight excluding hydrogens is 400 g/mol. The van der Waals surface area contributed by atoms with Crippen LogP contribution in [0, 0.1) is 5.92 Å². The van der Waals surface area contributed by atoms with E-state index in [2.05, 4.69) is 5.32 Å². The molecule has 0 spiro atoms. The van der Waals surface area contributed by atoms with E-state index < -0.39 is 5.60 Å². The van der Waals surface area contributed by atoms with Crippen molar-refractivity contribution >= 4 is 23.5 Å². The summed E-state index contributed by atoms with van der Waals surface area (Å²) in [5, 5.41) is 2.91. The Morgan fingerprint density at radius 3 is 2.61 bits per heavy atom. The van der Waals surface area contributed by atoms with E-state index in [-0.39, 0.29) is 30.1 Å². The molecule has 1 saturated heterocycles. The smallest absolute Gasteiger partial charge is 0.306 e. The molecule has 8 heteroatoms. The molecule has 1 atom stereocenters. The molecule has 0 aromatic heterocycles. The molecule has 0 radical (unpaired) electrons. The number of hydrogen-bond donors (Lipinski definition) is 1. The van der Waals surface area contributed by atoms with Gasteiger partial charge in [-0.15, -0.1) is 0 Å². The Labute approximate surface area is 183 Å². The highest BCUT2D eigenvalue weighted by Gasteiger charge is 2.35. The van der Waals surface area contributed by atoms with E-state index in [0.29, 0.717) is 49.9 Å². The minimum Gasteiger partial charge on any atom is -0.486 e. The summed E-state index contributed by atoms with van der Waals surface area (Å²) < 4.78 is 16.4. The van der Waals surface area contributed by atoms with Gasteiger partial charge in [0.1, 0.15) is 18.8 Å². The van der Waals surface area contributed by atoms with Crippen molar-refractivity contribution in [3.8, 4) is 11.5 Å². The molecule has 2 aliphatic rings. The number of nitrogens with zero attached hydrogens (tertiary/aromatic N) is 1. The lowest BCUT2D eigenvalue weighted by molar-refractivity contribution is -0.155. The fourth-order valence-corrected chi connectivity index (χ4v) is 3.65. The van der Waals surface area contributed by atoms with Crippen LogP contribution in [0.25, 0.3) is 0 Å². The summed E-state index contributed by atoms with van der Waals surface area (Å²) in [6.07, 6.45) is 2.91. The fourth-order valence-electron chi connectivity index (χ4n) is 3.65. The predicted octanol–water partition coefficient (Wildman–Crippen LogP) is 2.83. The van der Waals surface area contributed by atoms with Crippen molar-refractivity contribution < 1.29 is 28.6 Å². The molecule has 1 aromatic carbocycles. The zero-order chi connectivity index (χ0) is 22.4. The van der Waals surface area contributed by atoms with Gasteiger partial charge in [0.2, 0.25) is 11.8 Å². The van der Waals surface area contributed by atoms with Gasteiger partial charge in [-0.2, -0.15) is 0 Å². The van der Waals surface area contributed by atoms with Crippen LogP contribution in [0.2, 0.25) is 0 Å². The molecule has 1 unspecified atom stereocenters. The zero-order valence-corrected chi connectivity index (χ0v) is 18.6. The lowest BCUT2D eigenvalue weighted by Crippen LogP contribution is -2.33. The molecule has 2 amide bonds. The van der Waals surface area contributed by atoms with Gasteiger partial charge < -0.3 is 24.4 Å². The maximum atomic E-state index is 12.5. The maximum Gasteiger partial charge on any atom is 0.306 e. The van der Waals surface area contributed by atoms with Crippen LogP contribution in [0.1, 0.15) is 52.9 Å². The summed E-state index contributed by atoms with van der Waals surface area (Å²) >= 11 is 0. The first-order valence-corrected chi connectivity index (χ1v) is 10.9. The summed E-state index contributed by atoms with van der Waals surface area (Å²) in [7, 11) is 0. The second-order valence-electron chi connectivity index (χ2n) is 8.92. The Kier molecular flexibility index (Phi) is 7.41. The second-order valence-corrected chi connectivity index (χ2v) is 8.92. The number of esters is 1. The molecule has 8 nitrogen and oxygen atoms in total. The summed E-state index contributed by atoms with van der Waals surface area (Å²) in [5.41, 5.74) is 0.254. The largest absolute Gasteiger partial charge is 0.486 e.